The van der Waals surface area contributed by atoms with Crippen molar-refractivity contribution in [3.63, 3.8) is 0 Å². The zero-order chi connectivity index (χ0) is 24.0. The zero-order valence-electron chi connectivity index (χ0n) is 18.4. The molecular formula is C26H22Cl2N2O3. The first-order chi connectivity index (χ1) is 15.8. The number of anilines is 1. The van der Waals surface area contributed by atoms with Crippen LogP contribution < -0.4 is 14.8 Å². The number of aryl methyl sites for hydroxylation is 2. The van der Waals surface area contributed by atoms with Crippen molar-refractivity contribution < 1.29 is 14.3 Å². The van der Waals surface area contributed by atoms with Gasteiger partial charge >= 0.3 is 0 Å². The van der Waals surface area contributed by atoms with Gasteiger partial charge in [-0.3, -0.25) is 4.79 Å². The number of nitrogens with one attached hydrogen (secondary N) is 1. The largest absolute Gasteiger partial charge is 0.493 e. The second-order valence-corrected chi connectivity index (χ2v) is 8.22. The van der Waals surface area contributed by atoms with Crippen LogP contribution in [0.15, 0.2) is 60.2 Å². The van der Waals surface area contributed by atoms with E-state index in [9.17, 15) is 10.1 Å². The molecule has 0 bridgehead atoms. The van der Waals surface area contributed by atoms with Crippen LogP contribution in [0.5, 0.6) is 11.5 Å². The van der Waals surface area contributed by atoms with Crippen LogP contribution in [-0.4, -0.2) is 13.0 Å². The third-order valence-electron chi connectivity index (χ3n) is 4.99. The Bertz CT molecular complexity index is 1250. The molecule has 0 aliphatic heterocycles. The minimum atomic E-state index is -0.515. The van der Waals surface area contributed by atoms with Crippen molar-refractivity contribution in [1.82, 2.24) is 0 Å². The molecule has 0 aromatic heterocycles. The number of ether oxygens (including phenoxy) is 2. The van der Waals surface area contributed by atoms with E-state index in [1.807, 2.05) is 44.2 Å². The Labute approximate surface area is 203 Å². The van der Waals surface area contributed by atoms with Gasteiger partial charge < -0.3 is 14.8 Å². The molecule has 0 saturated heterocycles. The lowest BCUT2D eigenvalue weighted by Gasteiger charge is -2.14. The van der Waals surface area contributed by atoms with Crippen molar-refractivity contribution in [3.05, 3.63) is 92.5 Å². The number of nitriles is 1. The fourth-order valence-corrected chi connectivity index (χ4v) is 3.43. The maximum absolute atomic E-state index is 12.6. The molecule has 1 amide bonds. The second-order valence-electron chi connectivity index (χ2n) is 7.37. The van der Waals surface area contributed by atoms with Crippen LogP contribution >= 0.6 is 23.2 Å². The number of methoxy groups -OCH3 is 1. The van der Waals surface area contributed by atoms with Crippen molar-refractivity contribution in [2.24, 2.45) is 0 Å². The molecule has 0 aliphatic rings. The molecule has 0 radical (unpaired) electrons. The third-order valence-corrected chi connectivity index (χ3v) is 5.52. The van der Waals surface area contributed by atoms with Gasteiger partial charge in [-0.2, -0.15) is 5.26 Å². The Morgan fingerprint density at radius 3 is 2.42 bits per heavy atom. The van der Waals surface area contributed by atoms with Gasteiger partial charge in [0.1, 0.15) is 18.2 Å². The molecule has 0 heterocycles. The summed E-state index contributed by atoms with van der Waals surface area (Å²) in [6.07, 6.45) is 1.45. The summed E-state index contributed by atoms with van der Waals surface area (Å²) in [7, 11) is 1.49. The average Bonchev–Trinajstić information content (AvgIpc) is 2.79. The topological polar surface area (TPSA) is 71.3 Å². The number of amides is 1. The summed E-state index contributed by atoms with van der Waals surface area (Å²) in [5.41, 5.74) is 4.15. The number of carbonyl (C=O) groups excluding carboxylic acids is 1. The lowest BCUT2D eigenvalue weighted by atomic mass is 10.1. The van der Waals surface area contributed by atoms with Crippen LogP contribution in [0, 0.1) is 25.2 Å². The normalized spacial score (nSPS) is 11.0. The first-order valence-corrected chi connectivity index (χ1v) is 10.8. The predicted octanol–water partition coefficient (Wildman–Crippen LogP) is 6.74. The molecule has 3 rings (SSSR count). The number of hydrogen-bond donors (Lipinski definition) is 1. The van der Waals surface area contributed by atoms with Crippen LogP contribution in [-0.2, 0) is 11.4 Å². The monoisotopic (exact) mass is 480 g/mol. The molecule has 0 saturated carbocycles. The molecule has 0 aliphatic carbocycles. The van der Waals surface area contributed by atoms with Gasteiger partial charge in [0.05, 0.1) is 12.1 Å². The molecule has 168 valence electrons. The highest BCUT2D eigenvalue weighted by atomic mass is 35.5. The van der Waals surface area contributed by atoms with E-state index in [-0.39, 0.29) is 12.2 Å². The van der Waals surface area contributed by atoms with E-state index in [0.29, 0.717) is 32.8 Å². The van der Waals surface area contributed by atoms with Gasteiger partial charge in [0.15, 0.2) is 11.5 Å². The summed E-state index contributed by atoms with van der Waals surface area (Å²) in [6, 6.07) is 18.0. The molecular weight excluding hydrogens is 459 g/mol. The Hall–Kier alpha value is -3.46. The standard InChI is InChI=1S/C26H22Cl2N2O3/c1-16-4-9-22(10-17(16)2)30-26(31)20(14-29)11-19-12-23(28)25(24(13-19)32-3)33-15-18-5-7-21(27)8-6-18/h4-13H,15H2,1-3H3,(H,30,31)/b20-11+. The molecule has 0 spiro atoms. The molecule has 0 fully saturated rings. The lowest BCUT2D eigenvalue weighted by Crippen LogP contribution is -2.13. The maximum atomic E-state index is 12.6. The smallest absolute Gasteiger partial charge is 0.266 e. The molecule has 0 unspecified atom stereocenters. The Balaban J connectivity index is 1.81. The maximum Gasteiger partial charge on any atom is 0.266 e. The Kier molecular flexibility index (Phi) is 8.00. The van der Waals surface area contributed by atoms with E-state index in [1.165, 1.54) is 13.2 Å². The number of rotatable bonds is 7. The second kappa shape index (κ2) is 10.9. The molecule has 3 aromatic rings. The van der Waals surface area contributed by atoms with Gasteiger partial charge in [0, 0.05) is 10.7 Å². The SMILES string of the molecule is COc1cc(/C=C(\C#N)C(=O)Nc2ccc(C)c(C)c2)cc(Cl)c1OCc1ccc(Cl)cc1. The van der Waals surface area contributed by atoms with Crippen LogP contribution in [0.3, 0.4) is 0 Å². The van der Waals surface area contributed by atoms with E-state index < -0.39 is 5.91 Å². The highest BCUT2D eigenvalue weighted by molar-refractivity contribution is 6.32. The fourth-order valence-electron chi connectivity index (χ4n) is 3.03. The van der Waals surface area contributed by atoms with Crippen LogP contribution in [0.4, 0.5) is 5.69 Å². The summed E-state index contributed by atoms with van der Waals surface area (Å²) in [4.78, 5) is 12.6. The van der Waals surface area contributed by atoms with Gasteiger partial charge in [0.2, 0.25) is 0 Å². The number of nitrogens with zero attached hydrogens (tertiary/aromatic N) is 1. The summed E-state index contributed by atoms with van der Waals surface area (Å²) < 4.78 is 11.3. The third kappa shape index (κ3) is 6.29. The van der Waals surface area contributed by atoms with Crippen LogP contribution in [0.1, 0.15) is 22.3 Å². The summed E-state index contributed by atoms with van der Waals surface area (Å²) in [5.74, 6) is 0.234. The molecule has 5 nitrogen and oxygen atoms in total. The molecule has 0 atom stereocenters. The first kappa shape index (κ1) is 24.2. The Morgan fingerprint density at radius 1 is 1.06 bits per heavy atom. The zero-order valence-corrected chi connectivity index (χ0v) is 19.9. The molecule has 1 N–H and O–H groups in total. The fraction of sp³-hybridized carbons (Fsp3) is 0.154. The minimum absolute atomic E-state index is 0.0684. The summed E-state index contributed by atoms with van der Waals surface area (Å²) in [6.45, 7) is 4.21. The van der Waals surface area contributed by atoms with Crippen molar-refractivity contribution in [1.29, 1.82) is 5.26 Å². The molecule has 7 heteroatoms. The number of halogens is 2. The number of benzene rings is 3. The van der Waals surface area contributed by atoms with Crippen molar-refractivity contribution in [2.45, 2.75) is 20.5 Å². The van der Waals surface area contributed by atoms with E-state index in [0.717, 1.165) is 16.7 Å². The van der Waals surface area contributed by atoms with Crippen molar-refractivity contribution in [3.8, 4) is 17.6 Å². The lowest BCUT2D eigenvalue weighted by molar-refractivity contribution is -0.112. The van der Waals surface area contributed by atoms with Crippen LogP contribution in [0.25, 0.3) is 6.08 Å². The van der Waals surface area contributed by atoms with E-state index in [4.69, 9.17) is 32.7 Å². The number of carbonyl (C=O) groups is 1. The van der Waals surface area contributed by atoms with Gasteiger partial charge in [0.25, 0.3) is 5.91 Å². The van der Waals surface area contributed by atoms with Gasteiger partial charge in [-0.05, 0) is 78.6 Å². The van der Waals surface area contributed by atoms with Gasteiger partial charge in [-0.1, -0.05) is 41.4 Å². The van der Waals surface area contributed by atoms with Crippen LogP contribution in [0.2, 0.25) is 10.0 Å². The Morgan fingerprint density at radius 2 is 1.79 bits per heavy atom. The average molecular weight is 481 g/mol. The molecule has 3 aromatic carbocycles. The predicted molar refractivity (Wildman–Crippen MR) is 132 cm³/mol. The van der Waals surface area contributed by atoms with E-state index >= 15 is 0 Å². The molecule has 33 heavy (non-hydrogen) atoms. The van der Waals surface area contributed by atoms with Crippen molar-refractivity contribution in [2.75, 3.05) is 12.4 Å². The van der Waals surface area contributed by atoms with Gasteiger partial charge in [-0.25, -0.2) is 0 Å². The van der Waals surface area contributed by atoms with E-state index in [2.05, 4.69) is 5.32 Å². The van der Waals surface area contributed by atoms with E-state index in [1.54, 1.807) is 30.3 Å². The highest BCUT2D eigenvalue weighted by Crippen LogP contribution is 2.37. The number of hydrogen-bond acceptors (Lipinski definition) is 4. The quantitative estimate of drug-likeness (QED) is 0.300. The van der Waals surface area contributed by atoms with Gasteiger partial charge in [-0.15, -0.1) is 0 Å². The minimum Gasteiger partial charge on any atom is -0.493 e. The first-order valence-electron chi connectivity index (χ1n) is 10.1. The highest BCUT2D eigenvalue weighted by Gasteiger charge is 2.15. The summed E-state index contributed by atoms with van der Waals surface area (Å²) in [5, 5.41) is 13.2. The van der Waals surface area contributed by atoms with Crippen molar-refractivity contribution >= 4 is 40.9 Å². The summed E-state index contributed by atoms with van der Waals surface area (Å²) >= 11 is 12.3.